The normalized spacial score (nSPS) is 12.2. The van der Waals surface area contributed by atoms with Crippen molar-refractivity contribution >= 4 is 11.6 Å². The average molecular weight is 299 g/mol. The van der Waals surface area contributed by atoms with Gasteiger partial charge in [-0.1, -0.05) is 23.7 Å². The van der Waals surface area contributed by atoms with E-state index in [1.165, 1.54) is 6.07 Å². The molecule has 0 heterocycles. The first-order valence-electron chi connectivity index (χ1n) is 5.89. The van der Waals surface area contributed by atoms with Gasteiger partial charge in [0.05, 0.1) is 6.04 Å². The lowest BCUT2D eigenvalue weighted by Gasteiger charge is -2.17. The molecule has 0 saturated carbocycles. The molecule has 1 unspecified atom stereocenters. The molecule has 3 N–H and O–H groups in total. The Labute approximate surface area is 120 Å². The molecule has 0 aliphatic heterocycles. The Bertz CT molecular complexity index is 595. The molecule has 0 fully saturated rings. The van der Waals surface area contributed by atoms with Crippen molar-refractivity contribution in [2.24, 2.45) is 5.84 Å². The molecule has 3 nitrogen and oxygen atoms in total. The number of rotatable bonds is 5. The topological polar surface area (TPSA) is 47.3 Å². The number of hydrogen-bond donors (Lipinski definition) is 2. The van der Waals surface area contributed by atoms with Gasteiger partial charge in [0.15, 0.2) is 11.6 Å². The van der Waals surface area contributed by atoms with Crippen LogP contribution in [0.15, 0.2) is 42.5 Å². The Kier molecular flexibility index (Phi) is 4.89. The molecule has 20 heavy (non-hydrogen) atoms. The third-order valence-corrected chi connectivity index (χ3v) is 3.00. The number of benzene rings is 2. The first-order chi connectivity index (χ1) is 9.60. The molecule has 2 aromatic rings. The zero-order valence-electron chi connectivity index (χ0n) is 10.4. The molecular formula is C14H13ClF2N2O. The van der Waals surface area contributed by atoms with Crippen LogP contribution in [0.2, 0.25) is 5.02 Å². The maximum Gasteiger partial charge on any atom is 0.159 e. The van der Waals surface area contributed by atoms with Gasteiger partial charge in [0, 0.05) is 5.02 Å². The second-order valence-corrected chi connectivity index (χ2v) is 4.60. The van der Waals surface area contributed by atoms with E-state index in [0.717, 1.165) is 12.1 Å². The Morgan fingerprint density at radius 2 is 1.95 bits per heavy atom. The van der Waals surface area contributed by atoms with Crippen molar-refractivity contribution in [1.29, 1.82) is 0 Å². The molecule has 2 rings (SSSR count). The molecule has 0 saturated heterocycles. The molecule has 1 atom stereocenters. The van der Waals surface area contributed by atoms with Crippen LogP contribution in [0.4, 0.5) is 8.78 Å². The first-order valence-corrected chi connectivity index (χ1v) is 6.27. The van der Waals surface area contributed by atoms with Crippen molar-refractivity contribution in [3.8, 4) is 5.75 Å². The molecule has 0 spiro atoms. The summed E-state index contributed by atoms with van der Waals surface area (Å²) in [4.78, 5) is 0. The molecule has 0 aromatic heterocycles. The van der Waals surface area contributed by atoms with Crippen LogP contribution in [-0.2, 0) is 0 Å². The lowest BCUT2D eigenvalue weighted by molar-refractivity contribution is 0.267. The van der Waals surface area contributed by atoms with Crippen LogP contribution in [0.5, 0.6) is 5.75 Å². The first kappa shape index (κ1) is 14.7. The third kappa shape index (κ3) is 3.66. The van der Waals surface area contributed by atoms with E-state index in [9.17, 15) is 8.78 Å². The fourth-order valence-electron chi connectivity index (χ4n) is 1.71. The van der Waals surface area contributed by atoms with E-state index in [2.05, 4.69) is 5.43 Å². The van der Waals surface area contributed by atoms with Gasteiger partial charge in [0.1, 0.15) is 12.4 Å². The standard InChI is InChI=1S/C14H13ClF2N2O/c15-10-2-1-3-11(7-10)20-8-14(19-18)9-4-5-12(16)13(17)6-9/h1-7,14,19H,8,18H2. The van der Waals surface area contributed by atoms with Crippen molar-refractivity contribution < 1.29 is 13.5 Å². The Morgan fingerprint density at radius 1 is 1.15 bits per heavy atom. The van der Waals surface area contributed by atoms with E-state index in [-0.39, 0.29) is 6.61 Å². The van der Waals surface area contributed by atoms with E-state index in [1.54, 1.807) is 24.3 Å². The van der Waals surface area contributed by atoms with Crippen molar-refractivity contribution in [1.82, 2.24) is 5.43 Å². The largest absolute Gasteiger partial charge is 0.492 e. The lowest BCUT2D eigenvalue weighted by atomic mass is 10.1. The quantitative estimate of drug-likeness (QED) is 0.658. The van der Waals surface area contributed by atoms with Crippen molar-refractivity contribution in [2.45, 2.75) is 6.04 Å². The second kappa shape index (κ2) is 6.65. The van der Waals surface area contributed by atoms with Crippen molar-refractivity contribution in [2.75, 3.05) is 6.61 Å². The molecule has 0 aliphatic carbocycles. The smallest absolute Gasteiger partial charge is 0.159 e. The molecular weight excluding hydrogens is 286 g/mol. The van der Waals surface area contributed by atoms with E-state index in [1.807, 2.05) is 0 Å². The van der Waals surface area contributed by atoms with Crippen LogP contribution >= 0.6 is 11.6 Å². The van der Waals surface area contributed by atoms with Crippen molar-refractivity contribution in [3.63, 3.8) is 0 Å². The van der Waals surface area contributed by atoms with Gasteiger partial charge < -0.3 is 4.74 Å². The van der Waals surface area contributed by atoms with Gasteiger partial charge in [-0.3, -0.25) is 5.84 Å². The Hall–Kier alpha value is -1.69. The SMILES string of the molecule is NNC(COc1cccc(Cl)c1)c1ccc(F)c(F)c1. The highest BCUT2D eigenvalue weighted by Gasteiger charge is 2.13. The van der Waals surface area contributed by atoms with E-state index in [4.69, 9.17) is 22.2 Å². The highest BCUT2D eigenvalue weighted by Crippen LogP contribution is 2.20. The maximum atomic E-state index is 13.2. The van der Waals surface area contributed by atoms with Crippen LogP contribution in [0.1, 0.15) is 11.6 Å². The number of nitrogens with two attached hydrogens (primary N) is 1. The van der Waals surface area contributed by atoms with Crippen LogP contribution in [0.25, 0.3) is 0 Å². The summed E-state index contributed by atoms with van der Waals surface area (Å²) in [6.07, 6.45) is 0. The van der Waals surface area contributed by atoms with Gasteiger partial charge in [0.2, 0.25) is 0 Å². The number of hydrogen-bond acceptors (Lipinski definition) is 3. The summed E-state index contributed by atoms with van der Waals surface area (Å²) in [7, 11) is 0. The summed E-state index contributed by atoms with van der Waals surface area (Å²) >= 11 is 5.84. The summed E-state index contributed by atoms with van der Waals surface area (Å²) in [6, 6.07) is 9.98. The highest BCUT2D eigenvalue weighted by molar-refractivity contribution is 6.30. The van der Waals surface area contributed by atoms with Gasteiger partial charge >= 0.3 is 0 Å². The molecule has 106 valence electrons. The van der Waals surface area contributed by atoms with Crippen LogP contribution in [-0.4, -0.2) is 6.61 Å². The third-order valence-electron chi connectivity index (χ3n) is 2.76. The zero-order chi connectivity index (χ0) is 14.5. The van der Waals surface area contributed by atoms with Gasteiger partial charge in [-0.2, -0.15) is 0 Å². The van der Waals surface area contributed by atoms with Gasteiger partial charge in [-0.25, -0.2) is 14.2 Å². The lowest BCUT2D eigenvalue weighted by Crippen LogP contribution is -2.32. The average Bonchev–Trinajstić information content (AvgIpc) is 2.43. The minimum atomic E-state index is -0.925. The van der Waals surface area contributed by atoms with E-state index >= 15 is 0 Å². The van der Waals surface area contributed by atoms with Crippen LogP contribution < -0.4 is 16.0 Å². The minimum absolute atomic E-state index is 0.155. The fourth-order valence-corrected chi connectivity index (χ4v) is 1.89. The van der Waals surface area contributed by atoms with Crippen molar-refractivity contribution in [3.05, 3.63) is 64.7 Å². The predicted octanol–water partition coefficient (Wildman–Crippen LogP) is 3.20. The van der Waals surface area contributed by atoms with Crippen LogP contribution in [0.3, 0.4) is 0 Å². The molecule has 2 aromatic carbocycles. The summed E-state index contributed by atoms with van der Waals surface area (Å²) in [5.41, 5.74) is 3.00. The molecule has 0 aliphatic rings. The second-order valence-electron chi connectivity index (χ2n) is 4.16. The Morgan fingerprint density at radius 3 is 2.60 bits per heavy atom. The molecule has 0 bridgehead atoms. The Balaban J connectivity index is 2.07. The van der Waals surface area contributed by atoms with Gasteiger partial charge in [0.25, 0.3) is 0 Å². The number of hydrazine groups is 1. The number of halogens is 3. The molecule has 0 radical (unpaired) electrons. The van der Waals surface area contributed by atoms with Gasteiger partial charge in [-0.05, 0) is 35.9 Å². The molecule has 6 heteroatoms. The minimum Gasteiger partial charge on any atom is -0.492 e. The fraction of sp³-hybridized carbons (Fsp3) is 0.143. The summed E-state index contributed by atoms with van der Waals surface area (Å²) < 4.78 is 31.6. The van der Waals surface area contributed by atoms with E-state index < -0.39 is 17.7 Å². The van der Waals surface area contributed by atoms with Gasteiger partial charge in [-0.15, -0.1) is 0 Å². The monoisotopic (exact) mass is 298 g/mol. The maximum absolute atomic E-state index is 13.2. The summed E-state index contributed by atoms with van der Waals surface area (Å²) in [5, 5.41) is 0.549. The van der Waals surface area contributed by atoms with Crippen LogP contribution in [0, 0.1) is 11.6 Å². The highest BCUT2D eigenvalue weighted by atomic mass is 35.5. The number of nitrogens with one attached hydrogen (secondary N) is 1. The molecule has 0 amide bonds. The summed E-state index contributed by atoms with van der Waals surface area (Å²) in [5.74, 6) is 4.16. The predicted molar refractivity (Wildman–Crippen MR) is 73.4 cm³/mol. The zero-order valence-corrected chi connectivity index (χ0v) is 11.2. The summed E-state index contributed by atoms with van der Waals surface area (Å²) in [6.45, 7) is 0.155. The van der Waals surface area contributed by atoms with E-state index in [0.29, 0.717) is 16.3 Å². The number of ether oxygens (including phenoxy) is 1.